The van der Waals surface area contributed by atoms with Crippen molar-refractivity contribution in [2.45, 2.75) is 57.5 Å². The molecular weight excluding hydrogens is 368 g/mol. The van der Waals surface area contributed by atoms with E-state index in [2.05, 4.69) is 21.2 Å². The molecule has 1 heterocycles. The Labute approximate surface area is 150 Å². The minimum atomic E-state index is -0.0193. The van der Waals surface area contributed by atoms with Gasteiger partial charge in [-0.25, -0.2) is 0 Å². The number of carbonyl (C=O) groups excluding carboxylic acids is 1. The normalized spacial score (nSPS) is 16.5. The Morgan fingerprint density at radius 2 is 1.83 bits per heavy atom. The maximum Gasteiger partial charge on any atom is 0.240 e. The van der Waals surface area contributed by atoms with Crippen molar-refractivity contribution >= 4 is 32.7 Å². The first kappa shape index (κ1) is 17.2. The van der Waals surface area contributed by atoms with E-state index in [1.54, 1.807) is 12.3 Å². The van der Waals surface area contributed by atoms with Crippen molar-refractivity contribution in [1.82, 2.24) is 9.88 Å². The maximum atomic E-state index is 12.5. The van der Waals surface area contributed by atoms with Crippen LogP contribution in [0, 0.1) is 0 Å². The first-order valence-corrected chi connectivity index (χ1v) is 9.51. The molecule has 2 aromatic rings. The summed E-state index contributed by atoms with van der Waals surface area (Å²) >= 11 is 3.44. The number of fused-ring (bicyclic) bond motifs is 1. The molecule has 0 unspecified atom stereocenters. The third-order valence-corrected chi connectivity index (χ3v) is 5.22. The van der Waals surface area contributed by atoms with E-state index in [0.29, 0.717) is 5.39 Å². The van der Waals surface area contributed by atoms with E-state index >= 15 is 0 Å². The predicted molar refractivity (Wildman–Crippen MR) is 100 cm³/mol. The zero-order valence-corrected chi connectivity index (χ0v) is 15.3. The minimum absolute atomic E-state index is 0.0190. The molecule has 24 heavy (non-hydrogen) atoms. The summed E-state index contributed by atoms with van der Waals surface area (Å²) in [6, 6.07) is 7.35. The minimum Gasteiger partial charge on any atom is -0.352 e. The molecule has 1 fully saturated rings. The van der Waals surface area contributed by atoms with Crippen molar-refractivity contribution in [3.63, 3.8) is 0 Å². The Hall–Kier alpha value is -1.62. The third kappa shape index (κ3) is 4.26. The molecule has 1 aromatic heterocycles. The molecule has 0 atom stereocenters. The summed E-state index contributed by atoms with van der Waals surface area (Å²) < 4.78 is 2.74. The number of halogens is 1. The van der Waals surface area contributed by atoms with Gasteiger partial charge in [0.1, 0.15) is 6.54 Å². The number of pyridine rings is 1. The van der Waals surface area contributed by atoms with Crippen molar-refractivity contribution in [1.29, 1.82) is 0 Å². The number of hydrogen-bond donors (Lipinski definition) is 1. The summed E-state index contributed by atoms with van der Waals surface area (Å²) in [5, 5.41) is 3.82. The van der Waals surface area contributed by atoms with Gasteiger partial charge in [-0.1, -0.05) is 48.0 Å². The van der Waals surface area contributed by atoms with E-state index in [0.717, 1.165) is 22.8 Å². The molecule has 0 saturated heterocycles. The van der Waals surface area contributed by atoms with E-state index in [1.165, 1.54) is 38.2 Å². The molecule has 1 amide bonds. The summed E-state index contributed by atoms with van der Waals surface area (Å²) in [6.45, 7) is 0.240. The molecule has 128 valence electrons. The van der Waals surface area contributed by atoms with Gasteiger partial charge in [-0.15, -0.1) is 0 Å². The van der Waals surface area contributed by atoms with Gasteiger partial charge in [0.15, 0.2) is 5.43 Å². The van der Waals surface area contributed by atoms with Crippen LogP contribution in [0.25, 0.3) is 10.9 Å². The van der Waals surface area contributed by atoms with Crippen LogP contribution in [0.2, 0.25) is 0 Å². The second-order valence-corrected chi connectivity index (χ2v) is 7.49. The zero-order chi connectivity index (χ0) is 16.9. The van der Waals surface area contributed by atoms with E-state index in [-0.39, 0.29) is 23.9 Å². The topological polar surface area (TPSA) is 51.1 Å². The van der Waals surface area contributed by atoms with E-state index in [9.17, 15) is 9.59 Å². The SMILES string of the molecule is O=C(Cn1ccc(=O)c2ccc(Br)cc21)NC1CCCCCCC1. The van der Waals surface area contributed by atoms with Crippen LogP contribution in [0.4, 0.5) is 0 Å². The standard InChI is InChI=1S/C19H23BrN2O2/c20-14-8-9-16-17(12-14)22(11-10-18(16)23)13-19(24)21-15-6-4-2-1-3-5-7-15/h8-12,15H,1-7,13H2,(H,21,24). The van der Waals surface area contributed by atoms with Gasteiger partial charge >= 0.3 is 0 Å². The number of amides is 1. The molecular formula is C19H23BrN2O2. The number of nitrogens with zero attached hydrogens (tertiary/aromatic N) is 1. The molecule has 1 aliphatic rings. The largest absolute Gasteiger partial charge is 0.352 e. The summed E-state index contributed by atoms with van der Waals surface area (Å²) in [7, 11) is 0. The second kappa shape index (κ2) is 7.97. The summed E-state index contributed by atoms with van der Waals surface area (Å²) in [4.78, 5) is 24.5. The Bertz CT molecular complexity index is 777. The molecule has 1 aliphatic carbocycles. The van der Waals surface area contributed by atoms with Gasteiger partial charge in [-0.05, 0) is 31.0 Å². The fourth-order valence-electron chi connectivity index (χ4n) is 3.44. The van der Waals surface area contributed by atoms with Gasteiger partial charge in [0.25, 0.3) is 0 Å². The average molecular weight is 391 g/mol. The molecule has 5 heteroatoms. The highest BCUT2D eigenvalue weighted by atomic mass is 79.9. The summed E-state index contributed by atoms with van der Waals surface area (Å²) in [6.07, 6.45) is 10.1. The molecule has 0 radical (unpaired) electrons. The van der Waals surface area contributed by atoms with Crippen LogP contribution in [0.5, 0.6) is 0 Å². The lowest BCUT2D eigenvalue weighted by atomic mass is 9.97. The van der Waals surface area contributed by atoms with Crippen molar-refractivity contribution in [3.05, 3.63) is 45.2 Å². The van der Waals surface area contributed by atoms with E-state index in [1.807, 2.05) is 16.7 Å². The summed E-state index contributed by atoms with van der Waals surface area (Å²) in [5.74, 6) is 0.0190. The number of benzene rings is 1. The number of carbonyl (C=O) groups is 1. The van der Waals surface area contributed by atoms with Gasteiger partial charge in [0.05, 0.1) is 5.52 Å². The van der Waals surface area contributed by atoms with Gasteiger partial charge in [-0.2, -0.15) is 0 Å². The molecule has 1 N–H and O–H groups in total. The predicted octanol–water partition coefficient (Wildman–Crippen LogP) is 3.99. The van der Waals surface area contributed by atoms with Gasteiger partial charge in [0.2, 0.25) is 5.91 Å². The molecule has 3 rings (SSSR count). The lowest BCUT2D eigenvalue weighted by Crippen LogP contribution is -2.37. The van der Waals surface area contributed by atoms with Crippen LogP contribution in [-0.4, -0.2) is 16.5 Å². The van der Waals surface area contributed by atoms with Crippen LogP contribution in [0.1, 0.15) is 44.9 Å². The molecule has 1 aromatic carbocycles. The highest BCUT2D eigenvalue weighted by Crippen LogP contribution is 2.18. The second-order valence-electron chi connectivity index (χ2n) is 6.58. The van der Waals surface area contributed by atoms with Crippen LogP contribution in [0.15, 0.2) is 39.7 Å². The number of hydrogen-bond acceptors (Lipinski definition) is 2. The first-order valence-electron chi connectivity index (χ1n) is 8.71. The van der Waals surface area contributed by atoms with Crippen molar-refractivity contribution in [2.24, 2.45) is 0 Å². The quantitative estimate of drug-likeness (QED) is 0.860. The van der Waals surface area contributed by atoms with Crippen LogP contribution in [0.3, 0.4) is 0 Å². The number of rotatable bonds is 3. The van der Waals surface area contributed by atoms with E-state index < -0.39 is 0 Å². The smallest absolute Gasteiger partial charge is 0.240 e. The Morgan fingerprint density at radius 3 is 2.58 bits per heavy atom. The Kier molecular flexibility index (Phi) is 5.72. The number of nitrogens with one attached hydrogen (secondary N) is 1. The average Bonchev–Trinajstić information content (AvgIpc) is 2.52. The molecule has 0 spiro atoms. The maximum absolute atomic E-state index is 12.5. The van der Waals surface area contributed by atoms with Gasteiger partial charge < -0.3 is 9.88 Å². The van der Waals surface area contributed by atoms with Crippen LogP contribution in [-0.2, 0) is 11.3 Å². The van der Waals surface area contributed by atoms with Crippen LogP contribution >= 0.6 is 15.9 Å². The number of aromatic nitrogens is 1. The fourth-order valence-corrected chi connectivity index (χ4v) is 3.79. The van der Waals surface area contributed by atoms with Gasteiger partial charge in [-0.3, -0.25) is 9.59 Å². The first-order chi connectivity index (χ1) is 11.6. The van der Waals surface area contributed by atoms with Crippen molar-refractivity contribution in [2.75, 3.05) is 0 Å². The third-order valence-electron chi connectivity index (χ3n) is 4.72. The molecule has 0 aliphatic heterocycles. The molecule has 4 nitrogen and oxygen atoms in total. The zero-order valence-electron chi connectivity index (χ0n) is 13.8. The molecule has 1 saturated carbocycles. The van der Waals surface area contributed by atoms with Crippen molar-refractivity contribution < 1.29 is 4.79 Å². The lowest BCUT2D eigenvalue weighted by molar-refractivity contribution is -0.122. The van der Waals surface area contributed by atoms with Crippen LogP contribution < -0.4 is 10.7 Å². The highest BCUT2D eigenvalue weighted by Gasteiger charge is 2.15. The Morgan fingerprint density at radius 1 is 1.12 bits per heavy atom. The van der Waals surface area contributed by atoms with Gasteiger partial charge in [0, 0.05) is 28.2 Å². The monoisotopic (exact) mass is 390 g/mol. The fraction of sp³-hybridized carbons (Fsp3) is 0.474. The summed E-state index contributed by atoms with van der Waals surface area (Å²) in [5.41, 5.74) is 0.763. The highest BCUT2D eigenvalue weighted by molar-refractivity contribution is 9.10. The Balaban J connectivity index is 1.74. The lowest BCUT2D eigenvalue weighted by Gasteiger charge is -2.21. The molecule has 0 bridgehead atoms. The van der Waals surface area contributed by atoms with E-state index in [4.69, 9.17) is 0 Å². The van der Waals surface area contributed by atoms with Crippen molar-refractivity contribution in [3.8, 4) is 0 Å².